The number of nitrogens with zero attached hydrogens (tertiary/aromatic N) is 3. The molecule has 0 radical (unpaired) electrons. The lowest BCUT2D eigenvalue weighted by Crippen LogP contribution is -2.31. The first-order valence-electron chi connectivity index (χ1n) is 34.2. The van der Waals surface area contributed by atoms with Crippen molar-refractivity contribution in [1.82, 2.24) is 9.55 Å². The SMILES string of the molecule is C#CC(=O)CC(C)(C)C.C=C(C#N)C(O)CC(C)(C)C.C=C(C(=O)OCC)C(O)C(C)(C)C.C=C(COC(C)(C)C)C(=O)OCC.C=CC(=O)CC(C)(C)C.C=CC(=O)OC(C=C)C(C)(C)C.C=Cc1nccn1CC(C)(C)C.CC(=O)CC(=O)C(C)(C)C.CCOC(=O)/C=C/COC(C)(C)C. The van der Waals surface area contributed by atoms with Crippen molar-refractivity contribution >= 4 is 53.1 Å². The van der Waals surface area contributed by atoms with Gasteiger partial charge in [0.2, 0.25) is 5.78 Å². The van der Waals surface area contributed by atoms with Gasteiger partial charge in [0.25, 0.3) is 0 Å². The van der Waals surface area contributed by atoms with Crippen LogP contribution in [0.2, 0.25) is 0 Å². The number of rotatable bonds is 23. The molecule has 19 nitrogen and oxygen atoms in total. The quantitative estimate of drug-likeness (QED) is 0.0151. The van der Waals surface area contributed by atoms with E-state index in [0.717, 1.165) is 18.4 Å². The molecule has 3 unspecified atom stereocenters. The van der Waals surface area contributed by atoms with Crippen molar-refractivity contribution in [3.05, 3.63) is 111 Å². The van der Waals surface area contributed by atoms with Gasteiger partial charge in [0.05, 0.1) is 85.7 Å². The number of aliphatic hydroxyl groups is 2. The molecule has 3 atom stereocenters. The maximum atomic E-state index is 11.1. The fourth-order valence-electron chi connectivity index (χ4n) is 6.39. The van der Waals surface area contributed by atoms with Gasteiger partial charge >= 0.3 is 23.9 Å². The molecule has 0 aliphatic carbocycles. The lowest BCUT2D eigenvalue weighted by atomic mass is 9.85. The number of carbonyl (C=O) groups excluding carboxylic acids is 8. The van der Waals surface area contributed by atoms with E-state index in [2.05, 4.69) is 82.3 Å². The molecule has 102 heavy (non-hydrogen) atoms. The van der Waals surface area contributed by atoms with Crippen LogP contribution >= 0.6 is 0 Å². The lowest BCUT2D eigenvalue weighted by Gasteiger charge is -2.26. The summed E-state index contributed by atoms with van der Waals surface area (Å²) in [5, 5.41) is 27.4. The molecule has 0 saturated carbocycles. The van der Waals surface area contributed by atoms with Crippen LogP contribution in [0.1, 0.15) is 246 Å². The fraction of sp³-hybridized carbons (Fsp3) is 0.639. The highest BCUT2D eigenvalue weighted by Gasteiger charge is 2.29. The summed E-state index contributed by atoms with van der Waals surface area (Å²) >= 11 is 0. The topological polar surface area (TPSA) is 274 Å². The van der Waals surface area contributed by atoms with Gasteiger partial charge in [-0.05, 0) is 121 Å². The molecule has 1 rings (SSSR count). The number of carbonyl (C=O) groups is 8. The molecule has 0 saturated heterocycles. The Morgan fingerprint density at radius 3 is 1.38 bits per heavy atom. The number of aliphatic hydroxyl groups excluding tert-OH is 2. The molecule has 0 fully saturated rings. The van der Waals surface area contributed by atoms with E-state index in [1.165, 1.54) is 19.1 Å². The molecule has 2 N–H and O–H groups in total. The van der Waals surface area contributed by atoms with Crippen LogP contribution in [0.3, 0.4) is 0 Å². The van der Waals surface area contributed by atoms with E-state index < -0.39 is 24.1 Å². The second-order valence-electron chi connectivity index (χ2n) is 33.3. The number of nitriles is 1. The molecule has 19 heteroatoms. The zero-order valence-corrected chi connectivity index (χ0v) is 69.4. The standard InChI is InChI=1S/C10H16N2.3C10H18O3.C10H16O2.C9H15NO.C8H14O2.C8H14O.C8H12O/c1-5-9-11-6-7-12(9)8-10(2,3)4;1-6-12-9(11)8(2)7-13-10(3,4)5;1-6-13-9(12)7(2)8(11)10(3,4)5;1-5-12-9(11)7-6-8-13-10(2,3)4;1-6-8(10(3,4)5)12-9(11)7-2;1-7(6-10)8(11)5-9(2,3)4;1-6(9)5-7(10)8(2,3)4;2*1-5-7(9)6-8(2,3)4/h5-7H,1,8H2,2-4H3;2,6-7H2,1,3-5H3;8,11H,2,6H2,1,3-5H3;6-7H,5,8H2,1-4H3;6-8H,1-2H2,3-5H3;8,11H,1,5H2,2-4H3;5H2,1-4H3;5H,1,6H2,2-4H3;1H,6H2,2-4H3/b;;;7-6+;;;;;. The fourth-order valence-corrected chi connectivity index (χ4v) is 6.39. The molecule has 1 aromatic rings. The van der Waals surface area contributed by atoms with E-state index in [-0.39, 0.29) is 109 Å². The molecular weight excluding hydrogens is 1290 g/mol. The average Bonchev–Trinajstić information content (AvgIpc) is 1.41. The van der Waals surface area contributed by atoms with E-state index >= 15 is 0 Å². The third-order valence-electron chi connectivity index (χ3n) is 11.5. The monoisotopic (exact) mass is 1440 g/mol. The summed E-state index contributed by atoms with van der Waals surface area (Å²) in [7, 11) is 0. The van der Waals surface area contributed by atoms with Gasteiger partial charge in [-0.25, -0.2) is 24.2 Å². The molecule has 0 amide bonds. The first-order valence-corrected chi connectivity index (χ1v) is 34.2. The molecule has 0 spiro atoms. The Hall–Kier alpha value is -7.42. The van der Waals surface area contributed by atoms with Crippen molar-refractivity contribution in [1.29, 1.82) is 5.26 Å². The van der Waals surface area contributed by atoms with Crippen LogP contribution in [0.25, 0.3) is 6.08 Å². The van der Waals surface area contributed by atoms with E-state index in [0.29, 0.717) is 56.7 Å². The van der Waals surface area contributed by atoms with Crippen molar-refractivity contribution in [2.75, 3.05) is 33.0 Å². The molecule has 0 aliphatic rings. The lowest BCUT2D eigenvalue weighted by molar-refractivity contribution is -0.145. The van der Waals surface area contributed by atoms with Gasteiger partial charge in [-0.2, -0.15) is 5.26 Å². The summed E-state index contributed by atoms with van der Waals surface area (Å²) in [6.07, 6.45) is 17.6. The Morgan fingerprint density at radius 1 is 0.627 bits per heavy atom. The highest BCUT2D eigenvalue weighted by atomic mass is 16.6. The summed E-state index contributed by atoms with van der Waals surface area (Å²) in [5.41, 5.74) is -0.0948. The molecule has 0 aliphatic heterocycles. The molecule has 0 aromatic carbocycles. The summed E-state index contributed by atoms with van der Waals surface area (Å²) in [5.74, 6) is 1.38. The maximum Gasteiger partial charge on any atom is 0.336 e. The molecule has 1 heterocycles. The third kappa shape index (κ3) is 78.3. The number of ether oxygens (including phenoxy) is 6. The van der Waals surface area contributed by atoms with E-state index in [1.807, 2.05) is 185 Å². The Bertz CT molecular complexity index is 2840. The maximum absolute atomic E-state index is 11.1. The Balaban J connectivity index is -0.000000163. The van der Waals surface area contributed by atoms with Gasteiger partial charge in [0.15, 0.2) is 5.78 Å². The van der Waals surface area contributed by atoms with E-state index in [4.69, 9.17) is 40.1 Å². The van der Waals surface area contributed by atoms with Crippen molar-refractivity contribution < 1.29 is 77.0 Å². The minimum Gasteiger partial charge on any atom is -0.463 e. The van der Waals surface area contributed by atoms with Crippen LogP contribution in [0.5, 0.6) is 0 Å². The second kappa shape index (κ2) is 54.3. The van der Waals surface area contributed by atoms with Gasteiger partial charge in [-0.15, -0.1) is 6.42 Å². The van der Waals surface area contributed by atoms with Crippen LogP contribution < -0.4 is 0 Å². The van der Waals surface area contributed by atoms with Crippen LogP contribution in [-0.4, -0.2) is 129 Å². The smallest absolute Gasteiger partial charge is 0.336 e. The zero-order valence-electron chi connectivity index (χ0n) is 69.4. The minimum absolute atomic E-state index is 0.0139. The van der Waals surface area contributed by atoms with Gasteiger partial charge in [0, 0.05) is 54.8 Å². The number of hydrogen-bond donors (Lipinski definition) is 2. The number of imidazole rings is 1. The van der Waals surface area contributed by atoms with Crippen LogP contribution in [0, 0.1) is 61.6 Å². The summed E-state index contributed by atoms with van der Waals surface area (Å²) in [6, 6.07) is 1.84. The minimum atomic E-state index is -0.855. The molecular formula is C83H141N3O16. The van der Waals surface area contributed by atoms with Gasteiger partial charge in [0.1, 0.15) is 23.5 Å². The number of hydrogen-bond acceptors (Lipinski definition) is 18. The van der Waals surface area contributed by atoms with Crippen LogP contribution in [0.15, 0.2) is 106 Å². The Kier molecular flexibility index (Phi) is 58.8. The predicted molar refractivity (Wildman–Crippen MR) is 417 cm³/mol. The normalized spacial score (nSPS) is 12.1. The molecule has 0 bridgehead atoms. The Morgan fingerprint density at radius 2 is 1.09 bits per heavy atom. The summed E-state index contributed by atoms with van der Waals surface area (Å²) < 4.78 is 32.0. The number of Topliss-reactive ketones (excluding diaryl/α,β-unsaturated/α-hetero) is 3. The molecule has 1 aromatic heterocycles. The van der Waals surface area contributed by atoms with E-state index in [9.17, 15) is 48.6 Å². The van der Waals surface area contributed by atoms with Crippen LogP contribution in [0.4, 0.5) is 0 Å². The third-order valence-corrected chi connectivity index (χ3v) is 11.5. The first kappa shape index (κ1) is 110. The number of terminal acetylenes is 1. The largest absolute Gasteiger partial charge is 0.463 e. The number of allylic oxidation sites excluding steroid dienone is 1. The summed E-state index contributed by atoms with van der Waals surface area (Å²) in [4.78, 5) is 90.8. The zero-order chi connectivity index (χ0) is 82.8. The number of aromatic nitrogens is 2. The Labute approximate surface area is 619 Å². The van der Waals surface area contributed by atoms with E-state index in [1.54, 1.807) is 39.0 Å². The van der Waals surface area contributed by atoms with Gasteiger partial charge < -0.3 is 43.2 Å². The van der Waals surface area contributed by atoms with Gasteiger partial charge in [-0.1, -0.05) is 204 Å². The van der Waals surface area contributed by atoms with Gasteiger partial charge in [-0.3, -0.25) is 19.2 Å². The average molecular weight is 1440 g/mol. The predicted octanol–water partition coefficient (Wildman–Crippen LogP) is 17.5. The number of esters is 4. The van der Waals surface area contributed by atoms with Crippen molar-refractivity contribution in [2.45, 2.75) is 276 Å². The van der Waals surface area contributed by atoms with Crippen molar-refractivity contribution in [3.8, 4) is 18.4 Å². The summed E-state index contributed by atoms with van der Waals surface area (Å²) in [6.45, 7) is 87.3. The number of ketones is 4. The van der Waals surface area contributed by atoms with Crippen molar-refractivity contribution in [2.24, 2.45) is 37.9 Å². The highest BCUT2D eigenvalue weighted by molar-refractivity contribution is 6.00. The molecule has 584 valence electrons. The van der Waals surface area contributed by atoms with Crippen LogP contribution in [-0.2, 0) is 73.3 Å². The van der Waals surface area contributed by atoms with Crippen molar-refractivity contribution in [3.63, 3.8) is 0 Å². The first-order chi connectivity index (χ1) is 45.7. The highest BCUT2D eigenvalue weighted by Crippen LogP contribution is 2.26. The second-order valence-corrected chi connectivity index (χ2v) is 33.3.